The smallest absolute Gasteiger partial charge is 0.243 e. The molecule has 30 heavy (non-hydrogen) atoms. The summed E-state index contributed by atoms with van der Waals surface area (Å²) in [6.45, 7) is 5.39. The Bertz CT molecular complexity index is 982. The molecule has 4 aliphatic rings. The first-order chi connectivity index (χ1) is 14.6. The van der Waals surface area contributed by atoms with E-state index in [0.29, 0.717) is 22.1 Å². The van der Waals surface area contributed by atoms with Crippen molar-refractivity contribution >= 4 is 29.1 Å². The molecular formula is C25H27NO3S. The van der Waals surface area contributed by atoms with Gasteiger partial charge in [-0.15, -0.1) is 11.8 Å². The number of ketones is 2. The van der Waals surface area contributed by atoms with Crippen LogP contribution in [0.25, 0.3) is 5.76 Å². The van der Waals surface area contributed by atoms with Crippen molar-refractivity contribution in [2.24, 2.45) is 5.92 Å². The number of Topliss-reactive ketones (excluding diaryl/α,β-unsaturated/α-hetero) is 2. The zero-order valence-electron chi connectivity index (χ0n) is 17.4. The molecule has 1 aromatic rings. The lowest BCUT2D eigenvalue weighted by molar-refractivity contribution is -0.111. The summed E-state index contributed by atoms with van der Waals surface area (Å²) in [5, 5.41) is 0. The van der Waals surface area contributed by atoms with E-state index in [1.807, 2.05) is 12.1 Å². The van der Waals surface area contributed by atoms with Crippen LogP contribution in [0.4, 0.5) is 0 Å². The lowest BCUT2D eigenvalue weighted by atomic mass is 9.89. The highest BCUT2D eigenvalue weighted by molar-refractivity contribution is 8.04. The second kappa shape index (κ2) is 7.86. The van der Waals surface area contributed by atoms with Crippen molar-refractivity contribution in [3.05, 3.63) is 64.1 Å². The van der Waals surface area contributed by atoms with Crippen LogP contribution in [-0.4, -0.2) is 47.5 Å². The molecule has 2 aliphatic carbocycles. The molecule has 1 spiro atoms. The molecular weight excluding hydrogens is 394 g/mol. The number of carbonyl (C=O) groups excluding carboxylic acids is 2. The zero-order valence-corrected chi connectivity index (χ0v) is 18.2. The van der Waals surface area contributed by atoms with Gasteiger partial charge < -0.3 is 9.64 Å². The first-order valence-electron chi connectivity index (χ1n) is 10.9. The summed E-state index contributed by atoms with van der Waals surface area (Å²) in [5.74, 6) is 1.09. The Morgan fingerprint density at radius 1 is 1.10 bits per heavy atom. The normalized spacial score (nSPS) is 24.2. The first-order valence-corrected chi connectivity index (χ1v) is 11.9. The third-order valence-corrected chi connectivity index (χ3v) is 8.06. The van der Waals surface area contributed by atoms with Crippen LogP contribution in [0.5, 0.6) is 0 Å². The Morgan fingerprint density at radius 3 is 2.60 bits per heavy atom. The number of nitrogens with zero attached hydrogens (tertiary/aromatic N) is 1. The number of fused-ring (bicyclic) bond motifs is 2. The number of likely N-dealkylation sites (tertiary alicyclic amines) is 1. The van der Waals surface area contributed by atoms with Gasteiger partial charge in [-0.2, -0.15) is 0 Å². The maximum absolute atomic E-state index is 12.6. The minimum Gasteiger partial charge on any atom is -0.484 e. The Labute approximate surface area is 182 Å². The van der Waals surface area contributed by atoms with Crippen molar-refractivity contribution in [3.63, 3.8) is 0 Å². The number of rotatable bonds is 3. The monoisotopic (exact) mass is 421 g/mol. The summed E-state index contributed by atoms with van der Waals surface area (Å²) < 4.78 is 6.57. The fraction of sp³-hybridized carbons (Fsp3) is 0.440. The van der Waals surface area contributed by atoms with E-state index in [4.69, 9.17) is 4.74 Å². The van der Waals surface area contributed by atoms with E-state index < -0.39 is 11.6 Å². The quantitative estimate of drug-likeness (QED) is 0.666. The van der Waals surface area contributed by atoms with Crippen LogP contribution in [0.15, 0.2) is 53.0 Å². The van der Waals surface area contributed by atoms with Crippen molar-refractivity contribution < 1.29 is 14.3 Å². The van der Waals surface area contributed by atoms with E-state index in [1.54, 1.807) is 12.1 Å². The topological polar surface area (TPSA) is 46.6 Å². The fourth-order valence-electron chi connectivity index (χ4n) is 4.89. The van der Waals surface area contributed by atoms with E-state index in [1.165, 1.54) is 17.3 Å². The molecule has 0 aromatic heterocycles. The number of allylic oxidation sites excluding steroid dienone is 4. The van der Waals surface area contributed by atoms with Gasteiger partial charge in [-0.1, -0.05) is 49.4 Å². The molecule has 1 fully saturated rings. The largest absolute Gasteiger partial charge is 0.484 e. The Morgan fingerprint density at radius 2 is 1.87 bits per heavy atom. The van der Waals surface area contributed by atoms with Crippen molar-refractivity contribution in [1.29, 1.82) is 0 Å². The van der Waals surface area contributed by atoms with Crippen LogP contribution < -0.4 is 0 Å². The highest BCUT2D eigenvalue weighted by Gasteiger charge is 2.45. The van der Waals surface area contributed by atoms with Crippen molar-refractivity contribution in [3.8, 4) is 0 Å². The summed E-state index contributed by atoms with van der Waals surface area (Å²) in [7, 11) is 0. The van der Waals surface area contributed by atoms with Gasteiger partial charge in [0, 0.05) is 49.4 Å². The van der Waals surface area contributed by atoms with Crippen LogP contribution in [0.2, 0.25) is 0 Å². The number of benzene rings is 1. The van der Waals surface area contributed by atoms with E-state index in [9.17, 15) is 9.59 Å². The molecule has 1 aromatic carbocycles. The maximum atomic E-state index is 12.6. The lowest BCUT2D eigenvalue weighted by Gasteiger charge is -2.45. The minimum atomic E-state index is -0.413. The van der Waals surface area contributed by atoms with Gasteiger partial charge in [0.1, 0.15) is 16.3 Å². The van der Waals surface area contributed by atoms with Crippen LogP contribution in [0.1, 0.15) is 48.5 Å². The summed E-state index contributed by atoms with van der Waals surface area (Å²) in [6.07, 6.45) is 11.2. The maximum Gasteiger partial charge on any atom is 0.243 e. The molecule has 0 saturated carbocycles. The SMILES string of the molecule is CC(CN1CCC2(CC1)CSC1=C(O2)c2ccccc2C(=O)C1=O)C1=CCCC=C1. The van der Waals surface area contributed by atoms with Gasteiger partial charge >= 0.3 is 0 Å². The second-order valence-electron chi connectivity index (χ2n) is 8.82. The minimum absolute atomic E-state index is 0.249. The van der Waals surface area contributed by atoms with E-state index in [2.05, 4.69) is 30.1 Å². The Hall–Kier alpha value is -2.11. The van der Waals surface area contributed by atoms with Crippen LogP contribution >= 0.6 is 11.8 Å². The third kappa shape index (κ3) is 3.48. The molecule has 5 heteroatoms. The van der Waals surface area contributed by atoms with Gasteiger partial charge in [0.2, 0.25) is 11.6 Å². The molecule has 1 saturated heterocycles. The number of carbonyl (C=O) groups is 2. The molecule has 0 N–H and O–H groups in total. The standard InChI is InChI=1S/C25H27NO3S/c1-17(18-7-3-2-4-8-18)15-26-13-11-25(12-14-26)16-30-24-22(28)21(27)19-9-5-6-10-20(19)23(24)29-25/h3,5-10,17H,2,4,11-16H2,1H3. The lowest BCUT2D eigenvalue weighted by Crippen LogP contribution is -2.50. The number of ether oxygens (including phenoxy) is 1. The van der Waals surface area contributed by atoms with Crippen LogP contribution in [0, 0.1) is 5.92 Å². The van der Waals surface area contributed by atoms with Crippen molar-refractivity contribution in [2.75, 3.05) is 25.4 Å². The van der Waals surface area contributed by atoms with E-state index in [-0.39, 0.29) is 5.60 Å². The molecule has 2 heterocycles. The average Bonchev–Trinajstić information content (AvgIpc) is 2.80. The van der Waals surface area contributed by atoms with Crippen LogP contribution in [0.3, 0.4) is 0 Å². The Kier molecular flexibility index (Phi) is 5.19. The van der Waals surface area contributed by atoms with E-state index in [0.717, 1.165) is 56.6 Å². The molecule has 0 radical (unpaired) electrons. The fourth-order valence-corrected chi connectivity index (χ4v) is 6.15. The van der Waals surface area contributed by atoms with Gasteiger partial charge in [0.25, 0.3) is 0 Å². The summed E-state index contributed by atoms with van der Waals surface area (Å²) in [5.41, 5.74) is 2.46. The van der Waals surface area contributed by atoms with Crippen molar-refractivity contribution in [2.45, 2.75) is 38.2 Å². The average molecular weight is 422 g/mol. The van der Waals surface area contributed by atoms with Gasteiger partial charge in [-0.05, 0) is 24.3 Å². The molecule has 0 amide bonds. The molecule has 156 valence electrons. The molecule has 5 rings (SSSR count). The zero-order chi connectivity index (χ0) is 20.7. The second-order valence-corrected chi connectivity index (χ2v) is 9.81. The van der Waals surface area contributed by atoms with E-state index >= 15 is 0 Å². The summed E-state index contributed by atoms with van der Waals surface area (Å²) in [4.78, 5) is 28.1. The number of hydrogen-bond donors (Lipinski definition) is 0. The molecule has 0 bridgehead atoms. The highest BCUT2D eigenvalue weighted by Crippen LogP contribution is 2.47. The molecule has 2 aliphatic heterocycles. The predicted octanol–water partition coefficient (Wildman–Crippen LogP) is 4.63. The van der Waals surface area contributed by atoms with Gasteiger partial charge in [-0.25, -0.2) is 0 Å². The third-order valence-electron chi connectivity index (χ3n) is 6.73. The summed E-state index contributed by atoms with van der Waals surface area (Å²) in [6, 6.07) is 7.34. The molecule has 1 atom stereocenters. The highest BCUT2D eigenvalue weighted by atomic mass is 32.2. The predicted molar refractivity (Wildman–Crippen MR) is 120 cm³/mol. The Balaban J connectivity index is 1.29. The first kappa shape index (κ1) is 19.8. The van der Waals surface area contributed by atoms with Crippen LogP contribution in [-0.2, 0) is 9.53 Å². The molecule has 4 nitrogen and oxygen atoms in total. The number of thioether (sulfide) groups is 1. The number of hydrogen-bond acceptors (Lipinski definition) is 5. The van der Waals surface area contributed by atoms with Crippen molar-refractivity contribution in [1.82, 2.24) is 4.90 Å². The van der Waals surface area contributed by atoms with Gasteiger partial charge in [0.05, 0.1) is 0 Å². The summed E-state index contributed by atoms with van der Waals surface area (Å²) >= 11 is 1.51. The van der Waals surface area contributed by atoms with Gasteiger partial charge in [-0.3, -0.25) is 9.59 Å². The van der Waals surface area contributed by atoms with Gasteiger partial charge in [0.15, 0.2) is 0 Å². The molecule has 1 unspecified atom stereocenters. The number of piperidine rings is 1.